The van der Waals surface area contributed by atoms with E-state index in [2.05, 4.69) is 305 Å². The Hall–Kier alpha value is -6.53. The molecule has 5 heteroatoms. The van der Waals surface area contributed by atoms with Crippen molar-refractivity contribution < 1.29 is 13.7 Å². The van der Waals surface area contributed by atoms with E-state index in [9.17, 15) is 0 Å². The molecular weight excluding hydrogens is 1140 g/mol. The molecular formula is C78H80Br2N3+3. The highest BCUT2D eigenvalue weighted by Gasteiger charge is 2.40. The third kappa shape index (κ3) is 9.94. The number of rotatable bonds is 7. The fraction of sp³-hybridized carbons (Fsp3) is 0.321. The van der Waals surface area contributed by atoms with Gasteiger partial charge in [0.05, 0.1) is 16.7 Å². The zero-order valence-electron chi connectivity index (χ0n) is 50.8. The quantitative estimate of drug-likeness (QED) is 0.111. The SMILES string of the molecule is C=CC1c2cc(-c3ccccc3C3CC(c4ccc(C(C)(C)C)cc4-c4ccc5c(c4)C[n+]4ccc(C(C)(C)C)cc4-5)CC(c4ccccc4-c4cc5c(cc4Br)-c4cc(C(C)(C)C)cc[n+]4C5)C3)c(Br)cc2-c2cc(C(C)(C)C)cc[n+]21. The zero-order chi connectivity index (χ0) is 58.2. The molecule has 3 aliphatic heterocycles. The van der Waals surface area contributed by atoms with Gasteiger partial charge >= 0.3 is 0 Å². The Balaban J connectivity index is 0.948. The topological polar surface area (TPSA) is 11.6 Å². The first-order valence-electron chi connectivity index (χ1n) is 30.3. The Bertz CT molecular complexity index is 4130. The molecule has 13 rings (SSSR count). The molecule has 6 heterocycles. The minimum atomic E-state index is -0.0183. The van der Waals surface area contributed by atoms with E-state index < -0.39 is 0 Å². The predicted molar refractivity (Wildman–Crippen MR) is 351 cm³/mol. The summed E-state index contributed by atoms with van der Waals surface area (Å²) in [5.74, 6) is 0.823. The lowest BCUT2D eigenvalue weighted by atomic mass is 9.66. The molecule has 4 atom stereocenters. The van der Waals surface area contributed by atoms with Crippen molar-refractivity contribution in [3.63, 3.8) is 0 Å². The Kier molecular flexibility index (Phi) is 13.6. The number of aromatic nitrogens is 3. The van der Waals surface area contributed by atoms with Gasteiger partial charge in [0, 0.05) is 62.0 Å². The molecule has 0 amide bonds. The molecule has 6 aromatic carbocycles. The maximum Gasteiger partial charge on any atom is 0.214 e. The molecule has 0 N–H and O–H groups in total. The number of halogens is 2. The summed E-state index contributed by atoms with van der Waals surface area (Å²) in [7, 11) is 0. The highest BCUT2D eigenvalue weighted by atomic mass is 79.9. The van der Waals surface area contributed by atoms with Crippen LogP contribution in [0.4, 0.5) is 0 Å². The van der Waals surface area contributed by atoms with Gasteiger partial charge < -0.3 is 0 Å². The van der Waals surface area contributed by atoms with E-state index in [0.717, 1.165) is 41.3 Å². The van der Waals surface area contributed by atoms with E-state index in [-0.39, 0.29) is 45.5 Å². The normalized spacial score (nSPS) is 18.0. The summed E-state index contributed by atoms with van der Waals surface area (Å²) < 4.78 is 9.55. The molecule has 4 aliphatic rings. The summed E-state index contributed by atoms with van der Waals surface area (Å²) in [4.78, 5) is 0. The average Bonchev–Trinajstić information content (AvgIpc) is 3.43. The van der Waals surface area contributed by atoms with Crippen molar-refractivity contribution in [3.05, 3.63) is 241 Å². The molecule has 0 bridgehead atoms. The van der Waals surface area contributed by atoms with Gasteiger partial charge in [-0.3, -0.25) is 0 Å². The van der Waals surface area contributed by atoms with Crippen LogP contribution < -0.4 is 13.7 Å². The summed E-state index contributed by atoms with van der Waals surface area (Å²) in [6, 6.07) is 57.7. The zero-order valence-corrected chi connectivity index (χ0v) is 54.0. The molecule has 1 aliphatic carbocycles. The van der Waals surface area contributed by atoms with Gasteiger partial charge in [-0.05, 0) is 173 Å². The molecule has 83 heavy (non-hydrogen) atoms. The van der Waals surface area contributed by atoms with E-state index in [1.165, 1.54) is 123 Å². The minimum Gasteiger partial charge on any atom is -0.194 e. The molecule has 1 fully saturated rings. The lowest BCUT2D eigenvalue weighted by molar-refractivity contribution is -0.687. The van der Waals surface area contributed by atoms with Gasteiger partial charge in [-0.15, -0.1) is 0 Å². The van der Waals surface area contributed by atoms with Crippen LogP contribution in [0.2, 0.25) is 0 Å². The third-order valence-corrected chi connectivity index (χ3v) is 20.5. The van der Waals surface area contributed by atoms with Gasteiger partial charge in [0.25, 0.3) is 0 Å². The summed E-state index contributed by atoms with van der Waals surface area (Å²) in [5, 5.41) is 0. The number of fused-ring (bicyclic) bond motifs is 9. The average molecular weight is 1220 g/mol. The Morgan fingerprint density at radius 3 is 1.39 bits per heavy atom. The standard InChI is InChI=1S/C78H80Br2N3/c1-14-71-67-42-66(70(80)44-68(67)74-41-56(78(11,12)13)29-32-83(71)74)62-22-18-16-20-58(62)49-34-48(57-19-15-17-21-61(57)65-37-52-46-82-31-28-55(77(8,9)10)40-73(82)64(52)43-69(65)79)35-50(36-49)59-26-24-53(75(2,3)4)38-63(59)47-23-25-60-51(33-47)45-81-30-27-54(39-72(60)81)76(5,6)7/h14-33,37-44,48-50,71H,1,34-36,45-46H2,2-13H3/q+3. The van der Waals surface area contributed by atoms with E-state index in [1.54, 1.807) is 0 Å². The highest BCUT2D eigenvalue weighted by Crippen LogP contribution is 2.55. The Labute approximate surface area is 511 Å². The monoisotopic (exact) mass is 1220 g/mol. The van der Waals surface area contributed by atoms with E-state index in [0.29, 0.717) is 0 Å². The first kappa shape index (κ1) is 55.6. The van der Waals surface area contributed by atoms with Gasteiger partial charge in [-0.25, -0.2) is 0 Å². The number of pyridine rings is 3. The summed E-state index contributed by atoms with van der Waals surface area (Å²) in [6.45, 7) is 34.0. The lowest BCUT2D eigenvalue weighted by Gasteiger charge is -2.38. The number of nitrogens with zero attached hydrogens (tertiary/aromatic N) is 3. The van der Waals surface area contributed by atoms with Gasteiger partial charge in [-0.1, -0.05) is 194 Å². The number of benzene rings is 6. The molecule has 1 saturated carbocycles. The van der Waals surface area contributed by atoms with Crippen molar-refractivity contribution in [2.24, 2.45) is 0 Å². The van der Waals surface area contributed by atoms with Gasteiger partial charge in [-0.2, -0.15) is 13.7 Å². The van der Waals surface area contributed by atoms with Crippen molar-refractivity contribution >= 4 is 31.9 Å². The van der Waals surface area contributed by atoms with Crippen LogP contribution in [0.1, 0.15) is 182 Å². The van der Waals surface area contributed by atoms with Crippen molar-refractivity contribution in [3.8, 4) is 67.2 Å². The Morgan fingerprint density at radius 2 is 0.843 bits per heavy atom. The fourth-order valence-corrected chi connectivity index (χ4v) is 15.5. The largest absolute Gasteiger partial charge is 0.214 e. The van der Waals surface area contributed by atoms with Crippen LogP contribution in [-0.4, -0.2) is 0 Å². The highest BCUT2D eigenvalue weighted by molar-refractivity contribution is 9.11. The van der Waals surface area contributed by atoms with Crippen LogP contribution in [0.3, 0.4) is 0 Å². The maximum atomic E-state index is 4.42. The predicted octanol–water partition coefficient (Wildman–Crippen LogP) is 19.9. The van der Waals surface area contributed by atoms with Crippen LogP contribution in [0.25, 0.3) is 67.2 Å². The van der Waals surface area contributed by atoms with Crippen molar-refractivity contribution in [2.75, 3.05) is 0 Å². The first-order valence-corrected chi connectivity index (χ1v) is 31.9. The van der Waals surface area contributed by atoms with Crippen LogP contribution in [0, 0.1) is 0 Å². The van der Waals surface area contributed by atoms with Gasteiger partial charge in [0.1, 0.15) is 0 Å². The van der Waals surface area contributed by atoms with Gasteiger partial charge in [0.2, 0.25) is 23.1 Å². The second-order valence-electron chi connectivity index (χ2n) is 28.8. The molecule has 9 aromatic rings. The van der Waals surface area contributed by atoms with Crippen LogP contribution in [-0.2, 0) is 34.7 Å². The molecule has 0 radical (unpaired) electrons. The van der Waals surface area contributed by atoms with Gasteiger partial charge in [0.15, 0.2) is 31.7 Å². The van der Waals surface area contributed by atoms with Crippen LogP contribution in [0.5, 0.6) is 0 Å². The second-order valence-corrected chi connectivity index (χ2v) is 30.5. The lowest BCUT2D eigenvalue weighted by Crippen LogP contribution is -2.37. The summed E-state index contributed by atoms with van der Waals surface area (Å²) in [6.07, 6.45) is 12.1. The summed E-state index contributed by atoms with van der Waals surface area (Å²) in [5.41, 5.74) is 29.6. The second kappa shape index (κ2) is 20.3. The number of hydrogen-bond acceptors (Lipinski definition) is 0. The summed E-state index contributed by atoms with van der Waals surface area (Å²) >= 11 is 8.46. The van der Waals surface area contributed by atoms with Crippen molar-refractivity contribution in [1.29, 1.82) is 0 Å². The third-order valence-electron chi connectivity index (χ3n) is 19.2. The van der Waals surface area contributed by atoms with Crippen molar-refractivity contribution in [1.82, 2.24) is 0 Å². The van der Waals surface area contributed by atoms with E-state index >= 15 is 0 Å². The number of allylic oxidation sites excluding steroid dienone is 1. The van der Waals surface area contributed by atoms with Crippen molar-refractivity contribution in [2.45, 2.75) is 161 Å². The fourth-order valence-electron chi connectivity index (χ4n) is 14.4. The van der Waals surface area contributed by atoms with Crippen LogP contribution in [0.15, 0.2) is 186 Å². The molecule has 0 saturated heterocycles. The van der Waals surface area contributed by atoms with E-state index in [4.69, 9.17) is 0 Å². The van der Waals surface area contributed by atoms with E-state index in [1.807, 2.05) is 0 Å². The molecule has 3 nitrogen and oxygen atoms in total. The Morgan fingerprint density at radius 1 is 0.386 bits per heavy atom. The molecule has 3 aromatic heterocycles. The maximum absolute atomic E-state index is 4.42. The first-order chi connectivity index (χ1) is 39.4. The molecule has 4 unspecified atom stereocenters. The molecule has 418 valence electrons. The smallest absolute Gasteiger partial charge is 0.194 e. The molecule has 0 spiro atoms. The minimum absolute atomic E-state index is 0.0183. The number of hydrogen-bond donors (Lipinski definition) is 0. The van der Waals surface area contributed by atoms with Crippen LogP contribution >= 0.6 is 31.9 Å².